The Morgan fingerprint density at radius 1 is 1.21 bits per heavy atom. The molecule has 1 aromatic heterocycles. The van der Waals surface area contributed by atoms with Gasteiger partial charge in [0.1, 0.15) is 0 Å². The molecule has 1 aliphatic rings. The molecule has 0 saturated heterocycles. The van der Waals surface area contributed by atoms with Crippen LogP contribution >= 0.6 is 0 Å². The summed E-state index contributed by atoms with van der Waals surface area (Å²) in [6.45, 7) is 6.16. The van der Waals surface area contributed by atoms with Crippen LogP contribution in [0, 0.1) is 5.92 Å². The Balaban J connectivity index is 1.78. The van der Waals surface area contributed by atoms with Gasteiger partial charge in [0, 0.05) is 38.4 Å². The second-order valence-electron chi connectivity index (χ2n) is 6.85. The molecule has 1 fully saturated rings. The van der Waals surface area contributed by atoms with Gasteiger partial charge in [0.2, 0.25) is 0 Å². The summed E-state index contributed by atoms with van der Waals surface area (Å²) in [7, 11) is 3.88. The van der Waals surface area contributed by atoms with Crippen molar-refractivity contribution < 1.29 is 0 Å². The fourth-order valence-electron chi connectivity index (χ4n) is 3.88. The summed E-state index contributed by atoms with van der Waals surface area (Å²) in [5, 5.41) is 11.6. The molecule has 0 aliphatic heterocycles. The Kier molecular flexibility index (Phi) is 7.60. The quantitative estimate of drug-likeness (QED) is 0.436. The van der Waals surface area contributed by atoms with E-state index in [0.29, 0.717) is 0 Å². The number of guanidine groups is 1. The van der Waals surface area contributed by atoms with Gasteiger partial charge >= 0.3 is 0 Å². The third kappa shape index (κ3) is 4.99. The van der Waals surface area contributed by atoms with Crippen molar-refractivity contribution in [2.45, 2.75) is 71.8 Å². The molecule has 1 heterocycles. The molecule has 5 nitrogen and oxygen atoms in total. The molecule has 0 unspecified atom stereocenters. The van der Waals surface area contributed by atoms with E-state index in [4.69, 9.17) is 0 Å². The number of aliphatic imine (C=N–C) groups is 1. The van der Waals surface area contributed by atoms with Gasteiger partial charge in [-0.05, 0) is 31.6 Å². The molecule has 0 atom stereocenters. The summed E-state index contributed by atoms with van der Waals surface area (Å²) in [6.07, 6.45) is 10.3. The van der Waals surface area contributed by atoms with Crippen LogP contribution in [0.3, 0.4) is 0 Å². The zero-order valence-electron chi connectivity index (χ0n) is 16.0. The van der Waals surface area contributed by atoms with Gasteiger partial charge in [-0.15, -0.1) is 0 Å². The summed E-state index contributed by atoms with van der Waals surface area (Å²) >= 11 is 0. The van der Waals surface area contributed by atoms with Gasteiger partial charge in [-0.3, -0.25) is 9.67 Å². The number of nitrogens with one attached hydrogen (secondary N) is 2. The Labute approximate surface area is 147 Å². The van der Waals surface area contributed by atoms with Crippen LogP contribution in [-0.2, 0) is 26.4 Å². The molecular formula is C19H35N5. The summed E-state index contributed by atoms with van der Waals surface area (Å²) in [5.41, 5.74) is 3.84. The maximum absolute atomic E-state index is 4.64. The minimum atomic E-state index is 0.794. The monoisotopic (exact) mass is 333 g/mol. The van der Waals surface area contributed by atoms with E-state index >= 15 is 0 Å². The first kappa shape index (κ1) is 18.8. The van der Waals surface area contributed by atoms with E-state index < -0.39 is 0 Å². The molecule has 136 valence electrons. The second kappa shape index (κ2) is 9.70. The maximum atomic E-state index is 4.64. The van der Waals surface area contributed by atoms with Gasteiger partial charge in [0.15, 0.2) is 5.96 Å². The second-order valence-corrected chi connectivity index (χ2v) is 6.85. The highest BCUT2D eigenvalue weighted by molar-refractivity contribution is 5.79. The Hall–Kier alpha value is -1.52. The lowest BCUT2D eigenvalue weighted by molar-refractivity contribution is 0.481. The van der Waals surface area contributed by atoms with E-state index in [-0.39, 0.29) is 0 Å². The lowest BCUT2D eigenvalue weighted by atomic mass is 10.0. The van der Waals surface area contributed by atoms with Crippen LogP contribution < -0.4 is 10.6 Å². The van der Waals surface area contributed by atoms with E-state index in [1.54, 1.807) is 0 Å². The molecule has 0 bridgehead atoms. The highest BCUT2D eigenvalue weighted by Crippen LogP contribution is 2.28. The van der Waals surface area contributed by atoms with Crippen LogP contribution in [0.4, 0.5) is 0 Å². The van der Waals surface area contributed by atoms with E-state index in [0.717, 1.165) is 37.8 Å². The zero-order valence-corrected chi connectivity index (χ0v) is 16.0. The topological polar surface area (TPSA) is 54.2 Å². The Bertz CT molecular complexity index is 526. The smallest absolute Gasteiger partial charge is 0.191 e. The van der Waals surface area contributed by atoms with Gasteiger partial charge in [-0.1, -0.05) is 39.5 Å². The minimum absolute atomic E-state index is 0.794. The van der Waals surface area contributed by atoms with E-state index in [2.05, 4.69) is 34.6 Å². The van der Waals surface area contributed by atoms with Crippen LogP contribution in [0.1, 0.15) is 69.3 Å². The molecule has 5 heteroatoms. The molecule has 1 saturated carbocycles. The first-order chi connectivity index (χ1) is 11.7. The van der Waals surface area contributed by atoms with E-state index in [1.807, 2.05) is 18.8 Å². The number of rotatable bonds is 8. The standard InChI is InChI=1S/C19H35N5/c1-5-17-16(18(6-2)24(4)23-17)14-22-19(20-3)21-13-9-12-15-10-7-8-11-15/h15H,5-14H2,1-4H3,(H2,20,21,22). The molecule has 0 spiro atoms. The molecule has 0 aromatic carbocycles. The van der Waals surface area contributed by atoms with Crippen LogP contribution in [0.25, 0.3) is 0 Å². The van der Waals surface area contributed by atoms with Crippen molar-refractivity contribution in [1.82, 2.24) is 20.4 Å². The molecular weight excluding hydrogens is 298 g/mol. The normalized spacial score (nSPS) is 15.9. The number of nitrogens with zero attached hydrogens (tertiary/aromatic N) is 3. The molecule has 0 amide bonds. The first-order valence-electron chi connectivity index (χ1n) is 9.67. The van der Waals surface area contributed by atoms with Crippen molar-refractivity contribution in [3.63, 3.8) is 0 Å². The molecule has 0 radical (unpaired) electrons. The number of hydrogen-bond donors (Lipinski definition) is 2. The Morgan fingerprint density at radius 3 is 2.58 bits per heavy atom. The third-order valence-electron chi connectivity index (χ3n) is 5.24. The highest BCUT2D eigenvalue weighted by Gasteiger charge is 2.15. The number of aromatic nitrogens is 2. The summed E-state index contributed by atoms with van der Waals surface area (Å²) in [6, 6.07) is 0. The largest absolute Gasteiger partial charge is 0.356 e. The van der Waals surface area contributed by atoms with Crippen molar-refractivity contribution in [3.8, 4) is 0 Å². The number of hydrogen-bond acceptors (Lipinski definition) is 2. The summed E-state index contributed by atoms with van der Waals surface area (Å²) in [4.78, 5) is 4.36. The molecule has 2 N–H and O–H groups in total. The maximum Gasteiger partial charge on any atom is 0.191 e. The lowest BCUT2D eigenvalue weighted by Crippen LogP contribution is -2.37. The summed E-state index contributed by atoms with van der Waals surface area (Å²) < 4.78 is 2.02. The van der Waals surface area contributed by atoms with Crippen molar-refractivity contribution in [3.05, 3.63) is 17.0 Å². The summed E-state index contributed by atoms with van der Waals surface area (Å²) in [5.74, 6) is 1.87. The fourth-order valence-corrected chi connectivity index (χ4v) is 3.88. The van der Waals surface area contributed by atoms with Crippen molar-refractivity contribution in [1.29, 1.82) is 0 Å². The Morgan fingerprint density at radius 2 is 1.96 bits per heavy atom. The number of aryl methyl sites for hydroxylation is 2. The van der Waals surface area contributed by atoms with Gasteiger partial charge in [0.05, 0.1) is 5.69 Å². The molecule has 2 rings (SSSR count). The fraction of sp³-hybridized carbons (Fsp3) is 0.789. The average molecular weight is 334 g/mol. The van der Waals surface area contributed by atoms with Crippen molar-refractivity contribution in [2.24, 2.45) is 18.0 Å². The average Bonchev–Trinajstić information content (AvgIpc) is 3.21. The van der Waals surface area contributed by atoms with Crippen LogP contribution in [0.2, 0.25) is 0 Å². The first-order valence-corrected chi connectivity index (χ1v) is 9.67. The van der Waals surface area contributed by atoms with E-state index in [9.17, 15) is 0 Å². The van der Waals surface area contributed by atoms with Gasteiger partial charge in [-0.2, -0.15) is 5.10 Å². The van der Waals surface area contributed by atoms with E-state index in [1.165, 1.54) is 55.5 Å². The zero-order chi connectivity index (χ0) is 17.4. The predicted molar refractivity (Wildman–Crippen MR) is 101 cm³/mol. The molecule has 1 aliphatic carbocycles. The van der Waals surface area contributed by atoms with Crippen LogP contribution in [-0.4, -0.2) is 29.3 Å². The third-order valence-corrected chi connectivity index (χ3v) is 5.24. The lowest BCUT2D eigenvalue weighted by Gasteiger charge is -2.14. The van der Waals surface area contributed by atoms with Crippen molar-refractivity contribution in [2.75, 3.05) is 13.6 Å². The highest BCUT2D eigenvalue weighted by atomic mass is 15.3. The predicted octanol–water partition coefficient (Wildman–Crippen LogP) is 3.18. The van der Waals surface area contributed by atoms with Crippen LogP contribution in [0.15, 0.2) is 4.99 Å². The minimum Gasteiger partial charge on any atom is -0.356 e. The van der Waals surface area contributed by atoms with Gasteiger partial charge < -0.3 is 10.6 Å². The van der Waals surface area contributed by atoms with Gasteiger partial charge in [0.25, 0.3) is 0 Å². The van der Waals surface area contributed by atoms with Crippen molar-refractivity contribution >= 4 is 5.96 Å². The van der Waals surface area contributed by atoms with Crippen LogP contribution in [0.5, 0.6) is 0 Å². The molecule has 1 aromatic rings. The molecule has 24 heavy (non-hydrogen) atoms. The van der Waals surface area contributed by atoms with Gasteiger partial charge in [-0.25, -0.2) is 0 Å². The SMILES string of the molecule is CCc1nn(C)c(CC)c1CNC(=NC)NCCCC1CCCC1.